The monoisotopic (exact) mass is 326 g/mol. The Morgan fingerprint density at radius 1 is 1.32 bits per heavy atom. The lowest BCUT2D eigenvalue weighted by Crippen LogP contribution is -2.35. The molecule has 1 rings (SSSR count). The molecule has 4 heteroatoms. The van der Waals surface area contributed by atoms with Crippen LogP contribution in [0.5, 0.6) is 0 Å². The minimum Gasteiger partial charge on any atom is -0.355 e. The first kappa shape index (κ1) is 16.2. The number of hydrogen-bond acceptors (Lipinski definition) is 2. The highest BCUT2D eigenvalue weighted by atomic mass is 79.9. The largest absolute Gasteiger partial charge is 0.355 e. The third-order valence-electron chi connectivity index (χ3n) is 2.96. The number of carbonyl (C=O) groups excluding carboxylic acids is 1. The standard InChI is InChI=1S/C15H23BrN2O/c1-11(2)7-8-17-15(19)10-18-12(3)13-5-4-6-14(16)9-13/h4-6,9,11-12,18H,7-8,10H2,1-3H3,(H,17,19). The summed E-state index contributed by atoms with van der Waals surface area (Å²) in [5.41, 5.74) is 1.17. The van der Waals surface area contributed by atoms with Gasteiger partial charge in [0.05, 0.1) is 6.54 Å². The van der Waals surface area contributed by atoms with Crippen molar-refractivity contribution in [3.05, 3.63) is 34.3 Å². The second kappa shape index (κ2) is 8.33. The predicted octanol–water partition coefficient (Wildman–Crippen LogP) is 3.26. The van der Waals surface area contributed by atoms with Crippen molar-refractivity contribution in [1.82, 2.24) is 10.6 Å². The van der Waals surface area contributed by atoms with Crippen LogP contribution >= 0.6 is 15.9 Å². The van der Waals surface area contributed by atoms with Gasteiger partial charge in [-0.05, 0) is 37.0 Å². The molecule has 0 bridgehead atoms. The molecule has 0 aliphatic rings. The topological polar surface area (TPSA) is 41.1 Å². The molecule has 0 saturated carbocycles. The molecule has 1 aromatic rings. The fourth-order valence-corrected chi connectivity index (χ4v) is 2.12. The zero-order chi connectivity index (χ0) is 14.3. The van der Waals surface area contributed by atoms with Crippen molar-refractivity contribution in [2.75, 3.05) is 13.1 Å². The summed E-state index contributed by atoms with van der Waals surface area (Å²) in [7, 11) is 0. The van der Waals surface area contributed by atoms with E-state index < -0.39 is 0 Å². The molecule has 106 valence electrons. The lowest BCUT2D eigenvalue weighted by molar-refractivity contribution is -0.120. The van der Waals surface area contributed by atoms with Crippen LogP contribution in [0.3, 0.4) is 0 Å². The van der Waals surface area contributed by atoms with Gasteiger partial charge in [-0.2, -0.15) is 0 Å². The molecule has 0 fully saturated rings. The molecular formula is C15H23BrN2O. The molecule has 1 atom stereocenters. The molecule has 0 saturated heterocycles. The molecule has 0 aliphatic carbocycles. The van der Waals surface area contributed by atoms with Crippen LogP contribution in [0.1, 0.15) is 38.8 Å². The van der Waals surface area contributed by atoms with E-state index in [1.807, 2.05) is 12.1 Å². The zero-order valence-corrected chi connectivity index (χ0v) is 13.5. The average Bonchev–Trinajstić information content (AvgIpc) is 2.35. The Bertz CT molecular complexity index is 407. The summed E-state index contributed by atoms with van der Waals surface area (Å²) >= 11 is 3.45. The second-order valence-corrected chi connectivity index (χ2v) is 6.11. The first-order valence-corrected chi connectivity index (χ1v) is 7.54. The Hall–Kier alpha value is -0.870. The van der Waals surface area contributed by atoms with E-state index in [1.54, 1.807) is 0 Å². The molecule has 0 spiro atoms. The molecule has 0 heterocycles. The van der Waals surface area contributed by atoms with Gasteiger partial charge in [0.1, 0.15) is 0 Å². The highest BCUT2D eigenvalue weighted by Crippen LogP contribution is 2.17. The lowest BCUT2D eigenvalue weighted by Gasteiger charge is -2.14. The smallest absolute Gasteiger partial charge is 0.233 e. The summed E-state index contributed by atoms with van der Waals surface area (Å²) in [5, 5.41) is 6.15. The molecule has 1 amide bonds. The van der Waals surface area contributed by atoms with Crippen LogP contribution < -0.4 is 10.6 Å². The SMILES string of the molecule is CC(C)CCNC(=O)CNC(C)c1cccc(Br)c1. The van der Waals surface area contributed by atoms with Crippen LogP contribution in [-0.4, -0.2) is 19.0 Å². The second-order valence-electron chi connectivity index (χ2n) is 5.19. The maximum absolute atomic E-state index is 11.6. The maximum atomic E-state index is 11.6. The zero-order valence-electron chi connectivity index (χ0n) is 11.9. The van der Waals surface area contributed by atoms with Crippen molar-refractivity contribution in [1.29, 1.82) is 0 Å². The highest BCUT2D eigenvalue weighted by Gasteiger charge is 2.07. The van der Waals surface area contributed by atoms with E-state index in [4.69, 9.17) is 0 Å². The van der Waals surface area contributed by atoms with Crippen molar-refractivity contribution in [3.63, 3.8) is 0 Å². The summed E-state index contributed by atoms with van der Waals surface area (Å²) in [6, 6.07) is 8.27. The van der Waals surface area contributed by atoms with Crippen LogP contribution in [0.25, 0.3) is 0 Å². The number of hydrogen-bond donors (Lipinski definition) is 2. The van der Waals surface area contributed by atoms with Crippen molar-refractivity contribution in [3.8, 4) is 0 Å². The molecule has 0 aromatic heterocycles. The fourth-order valence-electron chi connectivity index (χ4n) is 1.70. The molecule has 1 unspecified atom stereocenters. The van der Waals surface area contributed by atoms with Gasteiger partial charge in [-0.25, -0.2) is 0 Å². The Morgan fingerprint density at radius 3 is 2.68 bits per heavy atom. The van der Waals surface area contributed by atoms with Crippen LogP contribution in [0, 0.1) is 5.92 Å². The van der Waals surface area contributed by atoms with Crippen LogP contribution in [0.4, 0.5) is 0 Å². The Balaban J connectivity index is 2.30. The van der Waals surface area contributed by atoms with E-state index >= 15 is 0 Å². The van der Waals surface area contributed by atoms with Gasteiger partial charge < -0.3 is 10.6 Å². The molecule has 2 N–H and O–H groups in total. The number of rotatable bonds is 7. The van der Waals surface area contributed by atoms with Crippen LogP contribution in [0.2, 0.25) is 0 Å². The van der Waals surface area contributed by atoms with Crippen LogP contribution in [0.15, 0.2) is 28.7 Å². The van der Waals surface area contributed by atoms with Gasteiger partial charge in [0.25, 0.3) is 0 Å². The number of carbonyl (C=O) groups is 1. The first-order chi connectivity index (χ1) is 8.99. The lowest BCUT2D eigenvalue weighted by atomic mass is 10.1. The highest BCUT2D eigenvalue weighted by molar-refractivity contribution is 9.10. The van der Waals surface area contributed by atoms with E-state index in [-0.39, 0.29) is 11.9 Å². The van der Waals surface area contributed by atoms with Crippen molar-refractivity contribution < 1.29 is 4.79 Å². The number of benzene rings is 1. The number of nitrogens with one attached hydrogen (secondary N) is 2. The molecule has 0 aliphatic heterocycles. The van der Waals surface area contributed by atoms with Gasteiger partial charge in [-0.1, -0.05) is 41.9 Å². The molecule has 0 radical (unpaired) electrons. The summed E-state index contributed by atoms with van der Waals surface area (Å²) in [6.45, 7) is 7.47. The summed E-state index contributed by atoms with van der Waals surface area (Å²) in [4.78, 5) is 11.6. The van der Waals surface area contributed by atoms with Crippen molar-refractivity contribution >= 4 is 21.8 Å². The van der Waals surface area contributed by atoms with Gasteiger partial charge in [0.2, 0.25) is 5.91 Å². The summed E-state index contributed by atoms with van der Waals surface area (Å²) in [5.74, 6) is 0.677. The normalized spacial score (nSPS) is 12.5. The Kier molecular flexibility index (Phi) is 7.10. The quantitative estimate of drug-likeness (QED) is 0.807. The van der Waals surface area contributed by atoms with Gasteiger partial charge in [0, 0.05) is 17.1 Å². The maximum Gasteiger partial charge on any atom is 0.233 e. The molecule has 19 heavy (non-hydrogen) atoms. The fraction of sp³-hybridized carbons (Fsp3) is 0.533. The number of halogens is 1. The van der Waals surface area contributed by atoms with E-state index in [0.717, 1.165) is 17.4 Å². The summed E-state index contributed by atoms with van der Waals surface area (Å²) in [6.07, 6.45) is 1.02. The van der Waals surface area contributed by atoms with Gasteiger partial charge in [-0.15, -0.1) is 0 Å². The Morgan fingerprint density at radius 2 is 2.05 bits per heavy atom. The third kappa shape index (κ3) is 6.73. The molecule has 1 aromatic carbocycles. The van der Waals surface area contributed by atoms with Crippen LogP contribution in [-0.2, 0) is 4.79 Å². The third-order valence-corrected chi connectivity index (χ3v) is 3.45. The van der Waals surface area contributed by atoms with Crippen molar-refractivity contribution in [2.45, 2.75) is 33.2 Å². The predicted molar refractivity (Wildman–Crippen MR) is 83.0 cm³/mol. The van der Waals surface area contributed by atoms with Gasteiger partial charge in [0.15, 0.2) is 0 Å². The minimum atomic E-state index is 0.0579. The van der Waals surface area contributed by atoms with E-state index in [1.165, 1.54) is 5.56 Å². The van der Waals surface area contributed by atoms with E-state index in [2.05, 4.69) is 59.5 Å². The van der Waals surface area contributed by atoms with E-state index in [0.29, 0.717) is 12.5 Å². The number of amides is 1. The van der Waals surface area contributed by atoms with Gasteiger partial charge in [-0.3, -0.25) is 4.79 Å². The first-order valence-electron chi connectivity index (χ1n) is 6.74. The molecule has 3 nitrogen and oxygen atoms in total. The van der Waals surface area contributed by atoms with Crippen molar-refractivity contribution in [2.24, 2.45) is 5.92 Å². The Labute approximate surface area is 124 Å². The van der Waals surface area contributed by atoms with E-state index in [9.17, 15) is 4.79 Å². The van der Waals surface area contributed by atoms with Gasteiger partial charge >= 0.3 is 0 Å². The minimum absolute atomic E-state index is 0.0579. The summed E-state index contributed by atoms with van der Waals surface area (Å²) < 4.78 is 1.06. The molecular weight excluding hydrogens is 304 g/mol. The average molecular weight is 327 g/mol.